The second kappa shape index (κ2) is 3.40. The van der Waals surface area contributed by atoms with Crippen LogP contribution in [0.25, 0.3) is 0 Å². The van der Waals surface area contributed by atoms with E-state index in [2.05, 4.69) is 4.98 Å². The first kappa shape index (κ1) is 10.7. The Labute approximate surface area is 78.8 Å². The molecular weight excluding hydrogens is 195 g/mol. The summed E-state index contributed by atoms with van der Waals surface area (Å²) in [5.41, 5.74) is 0.768. The predicted molar refractivity (Wildman–Crippen MR) is 44.1 cm³/mol. The number of aromatic nitrogens is 1. The standard InChI is InChI=1S/C9H8F3NO/c1-5-3-7(4-13-6(5)2)8(14)9(10,11)12/h3-4H,1-2H3. The van der Waals surface area contributed by atoms with Gasteiger partial charge in [-0.3, -0.25) is 9.78 Å². The molecule has 0 amide bonds. The second-order valence-corrected chi connectivity index (χ2v) is 2.95. The average Bonchev–Trinajstić information content (AvgIpc) is 2.07. The molecule has 1 rings (SSSR count). The Morgan fingerprint density at radius 1 is 1.36 bits per heavy atom. The monoisotopic (exact) mass is 203 g/mol. The van der Waals surface area contributed by atoms with Gasteiger partial charge in [0.05, 0.1) is 0 Å². The number of carbonyl (C=O) groups is 1. The van der Waals surface area contributed by atoms with Crippen molar-refractivity contribution in [2.45, 2.75) is 20.0 Å². The van der Waals surface area contributed by atoms with Crippen LogP contribution in [0.5, 0.6) is 0 Å². The quantitative estimate of drug-likeness (QED) is 0.656. The lowest BCUT2D eigenvalue weighted by molar-refractivity contribution is -0.0885. The van der Waals surface area contributed by atoms with Crippen molar-refractivity contribution in [1.82, 2.24) is 4.98 Å². The lowest BCUT2D eigenvalue weighted by Gasteiger charge is -2.06. The van der Waals surface area contributed by atoms with Crippen molar-refractivity contribution in [3.63, 3.8) is 0 Å². The molecule has 0 aliphatic rings. The molecule has 0 aliphatic carbocycles. The number of pyridine rings is 1. The third kappa shape index (κ3) is 2.10. The van der Waals surface area contributed by atoms with E-state index < -0.39 is 17.5 Å². The van der Waals surface area contributed by atoms with Crippen LogP contribution in [-0.2, 0) is 0 Å². The zero-order chi connectivity index (χ0) is 10.9. The Balaban J connectivity index is 3.10. The van der Waals surface area contributed by atoms with Gasteiger partial charge in [-0.15, -0.1) is 0 Å². The maximum atomic E-state index is 12.0. The van der Waals surface area contributed by atoms with Crippen molar-refractivity contribution in [3.8, 4) is 0 Å². The molecule has 0 unspecified atom stereocenters. The maximum Gasteiger partial charge on any atom is 0.454 e. The van der Waals surface area contributed by atoms with E-state index in [1.165, 1.54) is 6.07 Å². The highest BCUT2D eigenvalue weighted by atomic mass is 19.4. The summed E-state index contributed by atoms with van der Waals surface area (Å²) < 4.78 is 36.0. The molecule has 14 heavy (non-hydrogen) atoms. The van der Waals surface area contributed by atoms with Gasteiger partial charge in [0.1, 0.15) is 0 Å². The smallest absolute Gasteiger partial charge is 0.284 e. The van der Waals surface area contributed by atoms with Crippen LogP contribution < -0.4 is 0 Å². The van der Waals surface area contributed by atoms with E-state index >= 15 is 0 Å². The average molecular weight is 203 g/mol. The number of hydrogen-bond donors (Lipinski definition) is 0. The van der Waals surface area contributed by atoms with Crippen molar-refractivity contribution in [3.05, 3.63) is 29.1 Å². The lowest BCUT2D eigenvalue weighted by atomic mass is 10.1. The minimum Gasteiger partial charge on any atom is -0.284 e. The van der Waals surface area contributed by atoms with Gasteiger partial charge in [0, 0.05) is 17.5 Å². The molecule has 1 aromatic rings. The molecule has 0 saturated heterocycles. The highest BCUT2D eigenvalue weighted by Gasteiger charge is 2.39. The summed E-state index contributed by atoms with van der Waals surface area (Å²) in [5.74, 6) is -1.85. The molecule has 76 valence electrons. The van der Waals surface area contributed by atoms with E-state index in [0.717, 1.165) is 6.20 Å². The van der Waals surface area contributed by atoms with Gasteiger partial charge in [0.25, 0.3) is 5.78 Å². The molecule has 0 bridgehead atoms. The molecule has 0 saturated carbocycles. The van der Waals surface area contributed by atoms with Crippen molar-refractivity contribution < 1.29 is 18.0 Å². The van der Waals surface area contributed by atoms with Gasteiger partial charge in [0.2, 0.25) is 0 Å². The summed E-state index contributed by atoms with van der Waals surface area (Å²) in [4.78, 5) is 14.5. The van der Waals surface area contributed by atoms with Gasteiger partial charge in [-0.05, 0) is 25.5 Å². The normalized spacial score (nSPS) is 11.5. The summed E-state index contributed by atoms with van der Waals surface area (Å²) in [7, 11) is 0. The van der Waals surface area contributed by atoms with E-state index in [1.54, 1.807) is 13.8 Å². The highest BCUT2D eigenvalue weighted by Crippen LogP contribution is 2.21. The fraction of sp³-hybridized carbons (Fsp3) is 0.333. The maximum absolute atomic E-state index is 12.0. The van der Waals surface area contributed by atoms with Crippen LogP contribution >= 0.6 is 0 Å². The number of aryl methyl sites for hydroxylation is 2. The van der Waals surface area contributed by atoms with E-state index in [-0.39, 0.29) is 0 Å². The second-order valence-electron chi connectivity index (χ2n) is 2.95. The Morgan fingerprint density at radius 3 is 2.36 bits per heavy atom. The minimum atomic E-state index is -4.83. The Kier molecular flexibility index (Phi) is 2.59. The first-order valence-corrected chi connectivity index (χ1v) is 3.87. The molecule has 0 fully saturated rings. The largest absolute Gasteiger partial charge is 0.454 e. The lowest BCUT2D eigenvalue weighted by Crippen LogP contribution is -2.23. The van der Waals surface area contributed by atoms with Crippen LogP contribution in [0, 0.1) is 13.8 Å². The van der Waals surface area contributed by atoms with E-state index in [4.69, 9.17) is 0 Å². The molecular formula is C9H8F3NO. The number of Topliss-reactive ketones (excluding diaryl/α,β-unsaturated/α-hetero) is 1. The summed E-state index contributed by atoms with van der Waals surface area (Å²) >= 11 is 0. The minimum absolute atomic E-state index is 0.416. The molecule has 1 heterocycles. The molecule has 5 heteroatoms. The first-order valence-electron chi connectivity index (χ1n) is 3.87. The Hall–Kier alpha value is -1.39. The zero-order valence-corrected chi connectivity index (χ0v) is 7.64. The van der Waals surface area contributed by atoms with Gasteiger partial charge < -0.3 is 0 Å². The molecule has 1 aromatic heterocycles. The van der Waals surface area contributed by atoms with Crippen LogP contribution in [0.3, 0.4) is 0 Å². The molecule has 0 radical (unpaired) electrons. The van der Waals surface area contributed by atoms with E-state index in [1.807, 2.05) is 0 Å². The van der Waals surface area contributed by atoms with Crippen molar-refractivity contribution in [1.29, 1.82) is 0 Å². The van der Waals surface area contributed by atoms with Gasteiger partial charge in [-0.1, -0.05) is 0 Å². The van der Waals surface area contributed by atoms with E-state index in [9.17, 15) is 18.0 Å². The van der Waals surface area contributed by atoms with Gasteiger partial charge in [-0.25, -0.2) is 0 Å². The number of halogens is 3. The Bertz CT molecular complexity index is 371. The van der Waals surface area contributed by atoms with Crippen LogP contribution in [0.1, 0.15) is 21.6 Å². The fourth-order valence-electron chi connectivity index (χ4n) is 0.931. The molecule has 0 aliphatic heterocycles. The van der Waals surface area contributed by atoms with Gasteiger partial charge >= 0.3 is 6.18 Å². The van der Waals surface area contributed by atoms with Crippen LogP contribution in [0.2, 0.25) is 0 Å². The zero-order valence-electron chi connectivity index (χ0n) is 7.64. The topological polar surface area (TPSA) is 30.0 Å². The van der Waals surface area contributed by atoms with Gasteiger partial charge in [-0.2, -0.15) is 13.2 Å². The summed E-state index contributed by atoms with van der Waals surface area (Å²) in [5, 5.41) is 0. The number of hydrogen-bond acceptors (Lipinski definition) is 2. The first-order chi connectivity index (χ1) is 6.32. The van der Waals surface area contributed by atoms with Crippen molar-refractivity contribution in [2.24, 2.45) is 0 Å². The highest BCUT2D eigenvalue weighted by molar-refractivity contribution is 6.00. The number of ketones is 1. The third-order valence-electron chi connectivity index (χ3n) is 1.86. The van der Waals surface area contributed by atoms with Crippen LogP contribution in [0.4, 0.5) is 13.2 Å². The number of rotatable bonds is 1. The summed E-state index contributed by atoms with van der Waals surface area (Å²) in [6.45, 7) is 3.27. The molecule has 0 aromatic carbocycles. The van der Waals surface area contributed by atoms with Crippen molar-refractivity contribution in [2.75, 3.05) is 0 Å². The molecule has 0 N–H and O–H groups in total. The SMILES string of the molecule is Cc1cc(C(=O)C(F)(F)F)cnc1C. The fourth-order valence-corrected chi connectivity index (χ4v) is 0.931. The molecule has 2 nitrogen and oxygen atoms in total. The van der Waals surface area contributed by atoms with Crippen molar-refractivity contribution >= 4 is 5.78 Å². The summed E-state index contributed by atoms with van der Waals surface area (Å²) in [6, 6.07) is 1.19. The number of carbonyl (C=O) groups excluding carboxylic acids is 1. The molecule has 0 spiro atoms. The van der Waals surface area contributed by atoms with Gasteiger partial charge in [0.15, 0.2) is 0 Å². The Morgan fingerprint density at radius 2 is 1.93 bits per heavy atom. The summed E-state index contributed by atoms with van der Waals surface area (Å²) in [6.07, 6.45) is -3.89. The number of nitrogens with zero attached hydrogens (tertiary/aromatic N) is 1. The van der Waals surface area contributed by atoms with E-state index in [0.29, 0.717) is 11.3 Å². The number of alkyl halides is 3. The third-order valence-corrected chi connectivity index (χ3v) is 1.86. The van der Waals surface area contributed by atoms with Crippen LogP contribution in [-0.4, -0.2) is 16.9 Å². The predicted octanol–water partition coefficient (Wildman–Crippen LogP) is 2.44. The molecule has 0 atom stereocenters. The van der Waals surface area contributed by atoms with Crippen LogP contribution in [0.15, 0.2) is 12.3 Å².